The number of nitrogens with zero attached hydrogens (tertiary/aromatic N) is 1. The quantitative estimate of drug-likeness (QED) is 0.0588. The summed E-state index contributed by atoms with van der Waals surface area (Å²) in [5.41, 5.74) is 19.9. The number of benzene rings is 3. The molecular formula is C39H42N6O6. The molecule has 3 fully saturated rings. The number of hydrogen-bond acceptors (Lipinski definition) is 6. The molecule has 51 heavy (non-hydrogen) atoms. The molecule has 12 heteroatoms. The first kappa shape index (κ1) is 34.0. The molecule has 2 atom stereocenters. The third-order valence-corrected chi connectivity index (χ3v) is 10.1. The molecule has 3 saturated carbocycles. The van der Waals surface area contributed by atoms with Gasteiger partial charge in [0.2, 0.25) is 0 Å². The number of aromatic nitrogens is 3. The van der Waals surface area contributed by atoms with Crippen LogP contribution in [0.2, 0.25) is 0 Å². The lowest BCUT2D eigenvalue weighted by Crippen LogP contribution is -2.32. The van der Waals surface area contributed by atoms with Crippen molar-refractivity contribution in [3.8, 4) is 0 Å². The van der Waals surface area contributed by atoms with E-state index in [1.165, 1.54) is 53.8 Å². The van der Waals surface area contributed by atoms with Gasteiger partial charge in [0.25, 0.3) is 5.69 Å². The van der Waals surface area contributed by atoms with Crippen LogP contribution in [0.1, 0.15) is 84.1 Å². The lowest BCUT2D eigenvalue weighted by molar-refractivity contribution is -0.383. The molecule has 6 aromatic rings. The number of carboxylic acid groups (broad SMARTS) is 2. The smallest absolute Gasteiger partial charge is 0.320 e. The highest BCUT2D eigenvalue weighted by Crippen LogP contribution is 2.46. The summed E-state index contributed by atoms with van der Waals surface area (Å²) < 4.78 is 0. The Bertz CT molecular complexity index is 2240. The number of carboxylic acids is 2. The van der Waals surface area contributed by atoms with Gasteiger partial charge in [-0.2, -0.15) is 0 Å². The van der Waals surface area contributed by atoms with E-state index in [1.807, 2.05) is 24.5 Å². The number of aliphatic carboxylic acids is 2. The van der Waals surface area contributed by atoms with Gasteiger partial charge in [-0.1, -0.05) is 36.4 Å². The van der Waals surface area contributed by atoms with Crippen LogP contribution in [-0.4, -0.2) is 54.1 Å². The van der Waals surface area contributed by atoms with Gasteiger partial charge in [-0.15, -0.1) is 0 Å². The predicted octanol–water partition coefficient (Wildman–Crippen LogP) is 6.95. The van der Waals surface area contributed by atoms with Crippen LogP contribution in [0.4, 0.5) is 5.69 Å². The van der Waals surface area contributed by atoms with Crippen LogP contribution in [0.3, 0.4) is 0 Å². The summed E-state index contributed by atoms with van der Waals surface area (Å²) in [4.78, 5) is 42.1. The molecule has 3 aliphatic carbocycles. The number of nitrogens with two attached hydrogens (primary N) is 2. The monoisotopic (exact) mass is 690 g/mol. The summed E-state index contributed by atoms with van der Waals surface area (Å²) in [5, 5.41) is 32.0. The fraction of sp³-hybridized carbons (Fsp3) is 0.333. The summed E-state index contributed by atoms with van der Waals surface area (Å²) in [6.45, 7) is 0. The summed E-state index contributed by atoms with van der Waals surface area (Å²) in [6.07, 6.45) is 13.4. The number of nitro benzene ring substituents is 1. The maximum Gasteiger partial charge on any atom is 0.320 e. The van der Waals surface area contributed by atoms with Crippen LogP contribution in [0.25, 0.3) is 32.7 Å². The van der Waals surface area contributed by atoms with E-state index in [0.717, 1.165) is 46.3 Å². The number of fused-ring (bicyclic) bond motifs is 3. The molecule has 0 radical (unpaired) electrons. The molecule has 0 amide bonds. The fourth-order valence-electron chi connectivity index (χ4n) is 7.00. The van der Waals surface area contributed by atoms with Gasteiger partial charge in [-0.25, -0.2) is 0 Å². The van der Waals surface area contributed by atoms with Crippen molar-refractivity contribution in [2.45, 2.75) is 81.2 Å². The number of nitrogens with one attached hydrogen (secondary N) is 3. The number of nitro groups is 1. The largest absolute Gasteiger partial charge is 0.480 e. The van der Waals surface area contributed by atoms with E-state index in [4.69, 9.17) is 21.7 Å². The van der Waals surface area contributed by atoms with Crippen molar-refractivity contribution in [2.24, 2.45) is 11.5 Å². The topological polar surface area (TPSA) is 217 Å². The molecule has 3 aromatic carbocycles. The Labute approximate surface area is 293 Å². The van der Waals surface area contributed by atoms with Crippen molar-refractivity contribution < 1.29 is 24.7 Å². The molecule has 0 saturated heterocycles. The minimum Gasteiger partial charge on any atom is -0.480 e. The Balaban J connectivity index is 0.000000123. The second-order valence-corrected chi connectivity index (χ2v) is 14.0. The molecule has 12 nitrogen and oxygen atoms in total. The molecule has 9 N–H and O–H groups in total. The van der Waals surface area contributed by atoms with E-state index in [0.29, 0.717) is 29.2 Å². The predicted molar refractivity (Wildman–Crippen MR) is 196 cm³/mol. The van der Waals surface area contributed by atoms with Crippen molar-refractivity contribution in [2.75, 3.05) is 0 Å². The first-order valence-electron chi connectivity index (χ1n) is 17.5. The van der Waals surface area contributed by atoms with Crippen LogP contribution >= 0.6 is 0 Å². The molecule has 3 heterocycles. The van der Waals surface area contributed by atoms with E-state index < -0.39 is 28.9 Å². The van der Waals surface area contributed by atoms with Gasteiger partial charge in [-0.05, 0) is 102 Å². The van der Waals surface area contributed by atoms with Crippen LogP contribution in [0, 0.1) is 10.1 Å². The lowest BCUT2D eigenvalue weighted by atomic mass is 10.0. The summed E-state index contributed by atoms with van der Waals surface area (Å²) >= 11 is 0. The van der Waals surface area contributed by atoms with Gasteiger partial charge in [0.1, 0.15) is 12.1 Å². The normalized spacial score (nSPS) is 16.6. The zero-order valence-electron chi connectivity index (χ0n) is 28.1. The highest BCUT2D eigenvalue weighted by Gasteiger charge is 2.30. The Morgan fingerprint density at radius 2 is 1.24 bits per heavy atom. The highest BCUT2D eigenvalue weighted by molar-refractivity contribution is 5.95. The second kappa shape index (κ2) is 14.0. The summed E-state index contributed by atoms with van der Waals surface area (Å²) in [5.74, 6) is -0.123. The van der Waals surface area contributed by atoms with Crippen molar-refractivity contribution >= 4 is 50.3 Å². The van der Waals surface area contributed by atoms with Crippen molar-refractivity contribution in [1.29, 1.82) is 0 Å². The molecule has 0 bridgehead atoms. The third-order valence-electron chi connectivity index (χ3n) is 10.1. The Morgan fingerprint density at radius 3 is 1.82 bits per heavy atom. The minimum absolute atomic E-state index is 0.0109. The van der Waals surface area contributed by atoms with Gasteiger partial charge < -0.3 is 36.6 Å². The standard InChI is InChI=1S/C14H15N3O4.C14H16N2O2.C11H11N/c15-10(14(18)19)5-8-6-16-13-9(7-1-2-7)3-4-11(12(8)13)17(20)21;15-12(14(17)18)6-9-7-16-13-10(8-4-5-8)2-1-3-11(9)13;1-2-9-6-7-12-11(9)10(3-1)8-4-5-8/h3-4,6-7,10,16H,1-2,5,15H2,(H,18,19);1-3,7-8,12,16H,4-6,15H2,(H,17,18);1-3,6-8,12H,4-5H2. The second-order valence-electron chi connectivity index (χ2n) is 14.0. The van der Waals surface area contributed by atoms with Crippen molar-refractivity contribution in [3.63, 3.8) is 0 Å². The SMILES string of the molecule is NC(Cc1c[nH]c2c(C3CC3)ccc([N+](=O)[O-])c12)C(=O)O.NC(Cc1c[nH]c2c(C3CC3)cccc12)C(=O)O.c1cc(C2CC2)c2[nH]ccc2c1. The van der Waals surface area contributed by atoms with Crippen molar-refractivity contribution in [3.05, 3.63) is 111 Å². The maximum atomic E-state index is 11.2. The molecule has 3 aliphatic rings. The lowest BCUT2D eigenvalue weighted by Gasteiger charge is -2.06. The molecular weight excluding hydrogens is 648 g/mol. The van der Waals surface area contributed by atoms with Gasteiger partial charge in [-0.3, -0.25) is 19.7 Å². The van der Waals surface area contributed by atoms with Crippen LogP contribution in [0.5, 0.6) is 0 Å². The number of rotatable bonds is 10. The number of para-hydroxylation sites is 2. The first-order valence-corrected chi connectivity index (χ1v) is 17.5. The average Bonchev–Trinajstić information content (AvgIpc) is 4.06. The number of non-ortho nitro benzene ring substituents is 1. The number of carbonyl (C=O) groups is 2. The molecule has 9 rings (SSSR count). The van der Waals surface area contributed by atoms with Gasteiger partial charge in [0.05, 0.1) is 15.8 Å². The Hall–Kier alpha value is -5.46. The van der Waals surface area contributed by atoms with E-state index in [9.17, 15) is 19.7 Å². The molecule has 2 unspecified atom stereocenters. The molecule has 264 valence electrons. The zero-order valence-corrected chi connectivity index (χ0v) is 28.1. The zero-order chi connectivity index (χ0) is 35.8. The van der Waals surface area contributed by atoms with Crippen LogP contribution in [0.15, 0.2) is 73.2 Å². The van der Waals surface area contributed by atoms with E-state index in [2.05, 4.69) is 45.3 Å². The highest BCUT2D eigenvalue weighted by atomic mass is 16.6. The molecule has 0 spiro atoms. The third kappa shape index (κ3) is 7.38. The number of H-pyrrole nitrogens is 3. The van der Waals surface area contributed by atoms with Crippen molar-refractivity contribution in [1.82, 2.24) is 15.0 Å². The number of aromatic amines is 3. The number of hydrogen-bond donors (Lipinski definition) is 7. The fourth-order valence-corrected chi connectivity index (χ4v) is 7.00. The minimum atomic E-state index is -1.12. The van der Waals surface area contributed by atoms with E-state index >= 15 is 0 Å². The Kier molecular flexibility index (Phi) is 9.37. The average molecular weight is 691 g/mol. The van der Waals surface area contributed by atoms with Gasteiger partial charge >= 0.3 is 11.9 Å². The Morgan fingerprint density at radius 1 is 0.706 bits per heavy atom. The molecule has 0 aliphatic heterocycles. The first-order chi connectivity index (χ1) is 24.6. The van der Waals surface area contributed by atoms with Gasteiger partial charge in [0, 0.05) is 53.9 Å². The van der Waals surface area contributed by atoms with E-state index in [-0.39, 0.29) is 12.1 Å². The van der Waals surface area contributed by atoms with Gasteiger partial charge in [0.15, 0.2) is 0 Å². The van der Waals surface area contributed by atoms with Crippen LogP contribution < -0.4 is 11.5 Å². The molecule has 3 aromatic heterocycles. The maximum absolute atomic E-state index is 11.2. The van der Waals surface area contributed by atoms with Crippen LogP contribution in [-0.2, 0) is 22.4 Å². The summed E-state index contributed by atoms with van der Waals surface area (Å²) in [7, 11) is 0. The van der Waals surface area contributed by atoms with E-state index in [1.54, 1.807) is 12.3 Å². The summed E-state index contributed by atoms with van der Waals surface area (Å²) in [6, 6.07) is 16.3.